The lowest BCUT2D eigenvalue weighted by atomic mass is 10.2. The van der Waals surface area contributed by atoms with Crippen LogP contribution >= 0.6 is 0 Å². The number of halogens is 1. The standard InChI is InChI=1S/C20H18FN3O/c1-2-24(17-9-4-3-5-10-17)18-11-12-19(22-14-18)23-20(25)15-7-6-8-16(21)13-15/h3-14H,2H2,1H3,(H,22,23,25). The molecule has 0 unspecified atom stereocenters. The molecule has 25 heavy (non-hydrogen) atoms. The molecule has 0 radical (unpaired) electrons. The number of para-hydroxylation sites is 1. The van der Waals surface area contributed by atoms with Crippen LogP contribution in [-0.2, 0) is 0 Å². The van der Waals surface area contributed by atoms with Gasteiger partial charge in [0.15, 0.2) is 0 Å². The minimum absolute atomic E-state index is 0.255. The second kappa shape index (κ2) is 7.57. The van der Waals surface area contributed by atoms with Crippen LogP contribution in [-0.4, -0.2) is 17.4 Å². The van der Waals surface area contributed by atoms with Crippen molar-refractivity contribution in [3.63, 3.8) is 0 Å². The number of amides is 1. The summed E-state index contributed by atoms with van der Waals surface area (Å²) in [4.78, 5) is 18.5. The predicted molar refractivity (Wildman–Crippen MR) is 97.7 cm³/mol. The molecular formula is C20H18FN3O. The molecule has 2 aromatic carbocycles. The number of nitrogens with one attached hydrogen (secondary N) is 1. The lowest BCUT2D eigenvalue weighted by molar-refractivity contribution is 0.102. The molecule has 0 fully saturated rings. The Labute approximate surface area is 145 Å². The van der Waals surface area contributed by atoms with Crippen LogP contribution in [0.5, 0.6) is 0 Å². The van der Waals surface area contributed by atoms with Crippen molar-refractivity contribution in [2.45, 2.75) is 6.92 Å². The molecule has 0 aliphatic heterocycles. The van der Waals surface area contributed by atoms with Gasteiger partial charge in [0.05, 0.1) is 11.9 Å². The fourth-order valence-corrected chi connectivity index (χ4v) is 2.56. The first-order valence-electron chi connectivity index (χ1n) is 8.03. The van der Waals surface area contributed by atoms with Crippen molar-refractivity contribution in [2.75, 3.05) is 16.8 Å². The van der Waals surface area contributed by atoms with Crippen LogP contribution in [0.4, 0.5) is 21.6 Å². The van der Waals surface area contributed by atoms with Crippen molar-refractivity contribution >= 4 is 23.1 Å². The maximum absolute atomic E-state index is 13.2. The van der Waals surface area contributed by atoms with Gasteiger partial charge in [-0.1, -0.05) is 24.3 Å². The third-order valence-electron chi connectivity index (χ3n) is 3.77. The molecule has 0 bridgehead atoms. The molecule has 3 aromatic rings. The number of carbonyl (C=O) groups excluding carboxylic acids is 1. The van der Waals surface area contributed by atoms with Crippen LogP contribution in [0, 0.1) is 5.82 Å². The Kier molecular flexibility index (Phi) is 5.04. The van der Waals surface area contributed by atoms with Crippen molar-refractivity contribution in [2.24, 2.45) is 0 Å². The number of benzene rings is 2. The van der Waals surface area contributed by atoms with Crippen molar-refractivity contribution in [3.8, 4) is 0 Å². The van der Waals surface area contributed by atoms with Crippen LogP contribution < -0.4 is 10.2 Å². The summed E-state index contributed by atoms with van der Waals surface area (Å²) in [6, 6.07) is 19.2. The number of pyridine rings is 1. The first-order valence-corrected chi connectivity index (χ1v) is 8.03. The van der Waals surface area contributed by atoms with Crippen molar-refractivity contribution in [1.82, 2.24) is 4.98 Å². The Hall–Kier alpha value is -3.21. The van der Waals surface area contributed by atoms with Gasteiger partial charge in [-0.15, -0.1) is 0 Å². The Morgan fingerprint density at radius 3 is 2.48 bits per heavy atom. The minimum Gasteiger partial charge on any atom is -0.341 e. The highest BCUT2D eigenvalue weighted by atomic mass is 19.1. The molecule has 3 rings (SSSR count). The number of hydrogen-bond acceptors (Lipinski definition) is 3. The van der Waals surface area contributed by atoms with Gasteiger partial charge in [-0.3, -0.25) is 4.79 Å². The summed E-state index contributed by atoms with van der Waals surface area (Å²) >= 11 is 0. The smallest absolute Gasteiger partial charge is 0.256 e. The second-order valence-electron chi connectivity index (χ2n) is 5.45. The number of hydrogen-bond donors (Lipinski definition) is 1. The van der Waals surface area contributed by atoms with Crippen LogP contribution in [0.1, 0.15) is 17.3 Å². The van der Waals surface area contributed by atoms with Gasteiger partial charge in [-0.05, 0) is 49.4 Å². The molecule has 0 atom stereocenters. The van der Waals surface area contributed by atoms with E-state index in [1.165, 1.54) is 18.2 Å². The monoisotopic (exact) mass is 335 g/mol. The molecular weight excluding hydrogens is 317 g/mol. The summed E-state index contributed by atoms with van der Waals surface area (Å²) in [7, 11) is 0. The van der Waals surface area contributed by atoms with Crippen molar-refractivity contribution < 1.29 is 9.18 Å². The topological polar surface area (TPSA) is 45.2 Å². The molecule has 0 spiro atoms. The summed E-state index contributed by atoms with van der Waals surface area (Å²) < 4.78 is 13.2. The summed E-state index contributed by atoms with van der Waals surface area (Å²) in [6.45, 7) is 2.85. The summed E-state index contributed by atoms with van der Waals surface area (Å²) in [6.07, 6.45) is 1.71. The van der Waals surface area contributed by atoms with Gasteiger partial charge >= 0.3 is 0 Å². The molecule has 0 aliphatic rings. The van der Waals surface area contributed by atoms with Gasteiger partial charge in [0.25, 0.3) is 5.91 Å². The van der Waals surface area contributed by atoms with E-state index in [4.69, 9.17) is 0 Å². The first kappa shape index (κ1) is 16.6. The van der Waals surface area contributed by atoms with Crippen LogP contribution in [0.2, 0.25) is 0 Å². The summed E-state index contributed by atoms with van der Waals surface area (Å²) in [5.41, 5.74) is 2.26. The fourth-order valence-electron chi connectivity index (χ4n) is 2.56. The van der Waals surface area contributed by atoms with Gasteiger partial charge in [-0.2, -0.15) is 0 Å². The molecule has 1 aromatic heterocycles. The number of rotatable bonds is 5. The molecule has 1 heterocycles. The summed E-state index contributed by atoms with van der Waals surface area (Å²) in [5, 5.41) is 2.67. The van der Waals surface area contributed by atoms with E-state index in [2.05, 4.69) is 22.1 Å². The molecule has 5 heteroatoms. The Morgan fingerprint density at radius 1 is 1.04 bits per heavy atom. The first-order chi connectivity index (χ1) is 12.2. The predicted octanol–water partition coefficient (Wildman–Crippen LogP) is 4.63. The molecule has 126 valence electrons. The number of carbonyl (C=O) groups is 1. The molecule has 4 nitrogen and oxygen atoms in total. The maximum Gasteiger partial charge on any atom is 0.256 e. The zero-order valence-corrected chi connectivity index (χ0v) is 13.8. The quantitative estimate of drug-likeness (QED) is 0.739. The lowest BCUT2D eigenvalue weighted by Crippen LogP contribution is -2.17. The van der Waals surface area contributed by atoms with E-state index in [9.17, 15) is 9.18 Å². The average molecular weight is 335 g/mol. The highest BCUT2D eigenvalue weighted by molar-refractivity contribution is 6.03. The summed E-state index contributed by atoms with van der Waals surface area (Å²) in [5.74, 6) is -0.422. The van der Waals surface area contributed by atoms with E-state index in [0.717, 1.165) is 17.9 Å². The van der Waals surface area contributed by atoms with E-state index in [1.807, 2.05) is 36.4 Å². The van der Waals surface area contributed by atoms with Crippen LogP contribution in [0.15, 0.2) is 72.9 Å². The van der Waals surface area contributed by atoms with Crippen molar-refractivity contribution in [1.29, 1.82) is 0 Å². The highest BCUT2D eigenvalue weighted by Gasteiger charge is 2.10. The van der Waals surface area contributed by atoms with Gasteiger partial charge < -0.3 is 10.2 Å². The SMILES string of the molecule is CCN(c1ccccc1)c1ccc(NC(=O)c2cccc(F)c2)nc1. The number of anilines is 3. The highest BCUT2D eigenvalue weighted by Crippen LogP contribution is 2.24. The Bertz CT molecular complexity index is 850. The normalized spacial score (nSPS) is 10.3. The zero-order chi connectivity index (χ0) is 17.6. The molecule has 0 saturated carbocycles. The van der Waals surface area contributed by atoms with E-state index >= 15 is 0 Å². The zero-order valence-electron chi connectivity index (χ0n) is 13.8. The second-order valence-corrected chi connectivity index (χ2v) is 5.45. The van der Waals surface area contributed by atoms with E-state index in [1.54, 1.807) is 18.3 Å². The van der Waals surface area contributed by atoms with Crippen molar-refractivity contribution in [3.05, 3.63) is 84.3 Å². The molecule has 1 N–H and O–H groups in total. The fraction of sp³-hybridized carbons (Fsp3) is 0.100. The number of nitrogens with zero attached hydrogens (tertiary/aromatic N) is 2. The number of aromatic nitrogens is 1. The van der Waals surface area contributed by atoms with Crippen LogP contribution in [0.25, 0.3) is 0 Å². The third-order valence-corrected chi connectivity index (χ3v) is 3.77. The Morgan fingerprint density at radius 2 is 1.84 bits per heavy atom. The van der Waals surface area contributed by atoms with E-state index < -0.39 is 11.7 Å². The van der Waals surface area contributed by atoms with E-state index in [0.29, 0.717) is 5.82 Å². The van der Waals surface area contributed by atoms with E-state index in [-0.39, 0.29) is 5.56 Å². The van der Waals surface area contributed by atoms with Gasteiger partial charge in [0.1, 0.15) is 11.6 Å². The van der Waals surface area contributed by atoms with Gasteiger partial charge in [0.2, 0.25) is 0 Å². The van der Waals surface area contributed by atoms with Gasteiger partial charge in [-0.25, -0.2) is 9.37 Å². The molecule has 0 aliphatic carbocycles. The molecule has 1 amide bonds. The average Bonchev–Trinajstić information content (AvgIpc) is 2.64. The van der Waals surface area contributed by atoms with Gasteiger partial charge in [0, 0.05) is 17.8 Å². The molecule has 0 saturated heterocycles. The minimum atomic E-state index is -0.447. The largest absolute Gasteiger partial charge is 0.341 e. The Balaban J connectivity index is 1.75. The van der Waals surface area contributed by atoms with Crippen LogP contribution in [0.3, 0.4) is 0 Å². The lowest BCUT2D eigenvalue weighted by Gasteiger charge is -2.23. The third kappa shape index (κ3) is 4.01. The maximum atomic E-state index is 13.2.